The van der Waals surface area contributed by atoms with Crippen molar-refractivity contribution in [3.63, 3.8) is 0 Å². The van der Waals surface area contributed by atoms with E-state index in [1.165, 1.54) is 11.0 Å². The van der Waals surface area contributed by atoms with Crippen molar-refractivity contribution < 1.29 is 4.79 Å². The third-order valence-electron chi connectivity index (χ3n) is 3.31. The van der Waals surface area contributed by atoms with Crippen LogP contribution in [-0.2, 0) is 6.42 Å². The highest BCUT2D eigenvalue weighted by Gasteiger charge is 2.14. The highest BCUT2D eigenvalue weighted by molar-refractivity contribution is 6.07. The summed E-state index contributed by atoms with van der Waals surface area (Å²) in [5, 5.41) is 8.43. The fourth-order valence-corrected chi connectivity index (χ4v) is 2.13. The molecule has 0 bridgehead atoms. The Hall–Kier alpha value is -2.75. The molecule has 0 fully saturated rings. The third kappa shape index (κ3) is 2.74. The molecule has 0 unspecified atom stereocenters. The van der Waals surface area contributed by atoms with Gasteiger partial charge in [-0.05, 0) is 30.2 Å². The first kappa shape index (κ1) is 13.2. The fraction of sp³-hybridized carbons (Fsp3) is 0.118. The molecule has 0 aliphatic carbocycles. The molecular formula is C17H15N3O. The summed E-state index contributed by atoms with van der Waals surface area (Å²) in [5.41, 5.74) is 2.97. The zero-order valence-corrected chi connectivity index (χ0v) is 11.7. The monoisotopic (exact) mass is 277 g/mol. The molecule has 104 valence electrons. The van der Waals surface area contributed by atoms with Crippen molar-refractivity contribution in [1.29, 1.82) is 0 Å². The largest absolute Gasteiger partial charge is 0.287 e. The maximum Gasteiger partial charge on any atom is 0.214 e. The Bertz CT molecular complexity index is 762. The third-order valence-corrected chi connectivity index (χ3v) is 3.31. The molecule has 4 heteroatoms. The zero-order chi connectivity index (χ0) is 14.7. The first-order valence-electron chi connectivity index (χ1n) is 6.89. The number of nitrogens with zero attached hydrogens (tertiary/aromatic N) is 3. The van der Waals surface area contributed by atoms with Gasteiger partial charge in [0.25, 0.3) is 0 Å². The number of hydrogen-bond acceptors (Lipinski definition) is 3. The molecule has 4 nitrogen and oxygen atoms in total. The summed E-state index contributed by atoms with van der Waals surface area (Å²) in [5.74, 6) is -0.104. The zero-order valence-electron chi connectivity index (χ0n) is 11.7. The maximum atomic E-state index is 12.4. The van der Waals surface area contributed by atoms with Gasteiger partial charge in [-0.2, -0.15) is 9.90 Å². The SMILES string of the molecule is CCc1cccc(C(=O)c2cnn(-c3ccccc3)n2)c1. The van der Waals surface area contributed by atoms with Crippen LogP contribution in [0.4, 0.5) is 0 Å². The van der Waals surface area contributed by atoms with Gasteiger partial charge in [-0.1, -0.05) is 43.3 Å². The van der Waals surface area contributed by atoms with Crippen LogP contribution in [0.3, 0.4) is 0 Å². The smallest absolute Gasteiger partial charge is 0.214 e. The molecule has 0 spiro atoms. The van der Waals surface area contributed by atoms with Crippen LogP contribution in [-0.4, -0.2) is 20.8 Å². The number of aryl methyl sites for hydroxylation is 1. The highest BCUT2D eigenvalue weighted by atomic mass is 16.1. The van der Waals surface area contributed by atoms with Crippen molar-refractivity contribution in [3.8, 4) is 5.69 Å². The minimum atomic E-state index is -0.104. The van der Waals surface area contributed by atoms with Crippen molar-refractivity contribution in [2.24, 2.45) is 0 Å². The van der Waals surface area contributed by atoms with E-state index in [4.69, 9.17) is 0 Å². The molecule has 0 saturated heterocycles. The minimum Gasteiger partial charge on any atom is -0.287 e. The van der Waals surface area contributed by atoms with Gasteiger partial charge in [-0.3, -0.25) is 4.79 Å². The Kier molecular flexibility index (Phi) is 3.60. The van der Waals surface area contributed by atoms with Crippen LogP contribution < -0.4 is 0 Å². The lowest BCUT2D eigenvalue weighted by Gasteiger charge is -2.01. The molecule has 1 aromatic heterocycles. The number of aromatic nitrogens is 3. The lowest BCUT2D eigenvalue weighted by molar-refractivity contribution is 0.103. The van der Waals surface area contributed by atoms with Crippen LogP contribution in [0, 0.1) is 0 Å². The first-order valence-corrected chi connectivity index (χ1v) is 6.89. The van der Waals surface area contributed by atoms with Gasteiger partial charge in [-0.25, -0.2) is 0 Å². The van der Waals surface area contributed by atoms with Gasteiger partial charge >= 0.3 is 0 Å². The molecule has 0 atom stereocenters. The van der Waals surface area contributed by atoms with Crippen molar-refractivity contribution in [1.82, 2.24) is 15.0 Å². The number of benzene rings is 2. The molecule has 0 aliphatic rings. The Morgan fingerprint density at radius 1 is 1.10 bits per heavy atom. The summed E-state index contributed by atoms with van der Waals surface area (Å²) in [6, 6.07) is 17.2. The second-order valence-electron chi connectivity index (χ2n) is 4.74. The van der Waals surface area contributed by atoms with Gasteiger partial charge in [0.05, 0.1) is 11.9 Å². The van der Waals surface area contributed by atoms with Gasteiger partial charge in [0.1, 0.15) is 0 Å². The summed E-state index contributed by atoms with van der Waals surface area (Å²) in [4.78, 5) is 13.9. The molecule has 0 amide bonds. The van der Waals surface area contributed by atoms with Crippen LogP contribution in [0.5, 0.6) is 0 Å². The summed E-state index contributed by atoms with van der Waals surface area (Å²) in [7, 11) is 0. The van der Waals surface area contributed by atoms with E-state index in [1.54, 1.807) is 0 Å². The van der Waals surface area contributed by atoms with E-state index >= 15 is 0 Å². The molecule has 3 aromatic rings. The van der Waals surface area contributed by atoms with Gasteiger partial charge in [0, 0.05) is 5.56 Å². The second kappa shape index (κ2) is 5.71. The van der Waals surface area contributed by atoms with E-state index in [0.29, 0.717) is 11.3 Å². The fourth-order valence-electron chi connectivity index (χ4n) is 2.13. The molecule has 21 heavy (non-hydrogen) atoms. The Balaban J connectivity index is 1.91. The quantitative estimate of drug-likeness (QED) is 0.689. The average molecular weight is 277 g/mol. The van der Waals surface area contributed by atoms with Gasteiger partial charge in [0.15, 0.2) is 5.69 Å². The molecule has 2 aromatic carbocycles. The van der Waals surface area contributed by atoms with E-state index in [2.05, 4.69) is 17.1 Å². The average Bonchev–Trinajstić information content (AvgIpc) is 3.05. The second-order valence-corrected chi connectivity index (χ2v) is 4.74. The van der Waals surface area contributed by atoms with Gasteiger partial charge in [-0.15, -0.1) is 5.10 Å². The minimum absolute atomic E-state index is 0.104. The van der Waals surface area contributed by atoms with E-state index in [9.17, 15) is 4.79 Å². The first-order chi connectivity index (χ1) is 10.3. The van der Waals surface area contributed by atoms with Crippen LogP contribution in [0.25, 0.3) is 5.69 Å². The summed E-state index contributed by atoms with van der Waals surface area (Å²) < 4.78 is 0. The van der Waals surface area contributed by atoms with E-state index in [0.717, 1.165) is 17.7 Å². The number of carbonyl (C=O) groups excluding carboxylic acids is 1. The predicted molar refractivity (Wildman–Crippen MR) is 80.6 cm³/mol. The van der Waals surface area contributed by atoms with Crippen molar-refractivity contribution in [3.05, 3.63) is 77.6 Å². The lowest BCUT2D eigenvalue weighted by atomic mass is 10.0. The Morgan fingerprint density at radius 2 is 1.90 bits per heavy atom. The molecular weight excluding hydrogens is 262 g/mol. The summed E-state index contributed by atoms with van der Waals surface area (Å²) in [6.07, 6.45) is 2.41. The van der Waals surface area contributed by atoms with Crippen LogP contribution in [0.2, 0.25) is 0 Å². The van der Waals surface area contributed by atoms with Gasteiger partial charge in [0.2, 0.25) is 5.78 Å². The Morgan fingerprint density at radius 3 is 2.67 bits per heavy atom. The predicted octanol–water partition coefficient (Wildman–Crippen LogP) is 3.06. The van der Waals surface area contributed by atoms with Crippen molar-refractivity contribution >= 4 is 5.78 Å². The number of rotatable bonds is 4. The van der Waals surface area contributed by atoms with Gasteiger partial charge < -0.3 is 0 Å². The molecule has 0 N–H and O–H groups in total. The van der Waals surface area contributed by atoms with Crippen molar-refractivity contribution in [2.45, 2.75) is 13.3 Å². The maximum absolute atomic E-state index is 12.4. The number of carbonyl (C=O) groups is 1. The Labute approximate surface area is 123 Å². The molecule has 0 aliphatic heterocycles. The number of para-hydroxylation sites is 1. The van der Waals surface area contributed by atoms with Crippen LogP contribution >= 0.6 is 0 Å². The van der Waals surface area contributed by atoms with E-state index in [-0.39, 0.29) is 5.78 Å². The topological polar surface area (TPSA) is 47.8 Å². The summed E-state index contributed by atoms with van der Waals surface area (Å²) >= 11 is 0. The summed E-state index contributed by atoms with van der Waals surface area (Å²) in [6.45, 7) is 2.06. The van der Waals surface area contributed by atoms with Crippen LogP contribution in [0.1, 0.15) is 28.5 Å². The number of hydrogen-bond donors (Lipinski definition) is 0. The molecule has 3 rings (SSSR count). The highest BCUT2D eigenvalue weighted by Crippen LogP contribution is 2.11. The molecule has 0 saturated carbocycles. The van der Waals surface area contributed by atoms with Crippen LogP contribution in [0.15, 0.2) is 60.8 Å². The normalized spacial score (nSPS) is 10.5. The number of ketones is 1. The molecule has 1 heterocycles. The standard InChI is InChI=1S/C17H15N3O/c1-2-13-7-6-8-14(11-13)17(21)16-12-18-20(19-16)15-9-4-3-5-10-15/h3-12H,2H2,1H3. The van der Waals surface area contributed by atoms with E-state index < -0.39 is 0 Å². The lowest BCUT2D eigenvalue weighted by Crippen LogP contribution is -2.05. The van der Waals surface area contributed by atoms with Crippen molar-refractivity contribution in [2.75, 3.05) is 0 Å². The molecule has 0 radical (unpaired) electrons. The van der Waals surface area contributed by atoms with E-state index in [1.807, 2.05) is 54.6 Å².